The third-order valence-electron chi connectivity index (χ3n) is 2.36. The summed E-state index contributed by atoms with van der Waals surface area (Å²) in [5, 5.41) is 29.3. The summed E-state index contributed by atoms with van der Waals surface area (Å²) < 4.78 is 26.8. The van der Waals surface area contributed by atoms with Gasteiger partial charge >= 0.3 is 5.69 Å². The van der Waals surface area contributed by atoms with E-state index in [1.807, 2.05) is 0 Å². The molecule has 0 radical (unpaired) electrons. The number of primary amides is 1. The van der Waals surface area contributed by atoms with Crippen LogP contribution in [0.15, 0.2) is 12.1 Å². The van der Waals surface area contributed by atoms with Crippen molar-refractivity contribution in [3.8, 4) is 0 Å². The predicted octanol–water partition coefficient (Wildman–Crippen LogP) is 0.143. The summed E-state index contributed by atoms with van der Waals surface area (Å²) >= 11 is 0. The van der Waals surface area contributed by atoms with Crippen molar-refractivity contribution in [2.45, 2.75) is 18.6 Å². The standard InChI is InChI=1S/C10H10F2N2O5/c11-5-2-7(14(18)19)6(12)1-4(5)10(17)8(15)3-9(13)16/h1-2,8,10,15,17H,3H2,(H2,13,16). The molecule has 0 spiro atoms. The highest BCUT2D eigenvalue weighted by atomic mass is 19.1. The average Bonchev–Trinajstić information content (AvgIpc) is 2.29. The summed E-state index contributed by atoms with van der Waals surface area (Å²) in [4.78, 5) is 19.8. The van der Waals surface area contributed by atoms with Gasteiger partial charge in [-0.15, -0.1) is 0 Å². The molecule has 4 N–H and O–H groups in total. The monoisotopic (exact) mass is 276 g/mol. The number of aliphatic hydroxyl groups excluding tert-OH is 2. The third kappa shape index (κ3) is 3.42. The van der Waals surface area contributed by atoms with Crippen molar-refractivity contribution in [1.29, 1.82) is 0 Å². The Morgan fingerprint density at radius 2 is 1.95 bits per heavy atom. The van der Waals surface area contributed by atoms with Crippen molar-refractivity contribution < 1.29 is 28.7 Å². The van der Waals surface area contributed by atoms with Crippen LogP contribution in [-0.4, -0.2) is 27.1 Å². The number of nitrogens with zero attached hydrogens (tertiary/aromatic N) is 1. The summed E-state index contributed by atoms with van der Waals surface area (Å²) in [6, 6.07) is 0.674. The molecule has 0 aliphatic rings. The predicted molar refractivity (Wildman–Crippen MR) is 57.8 cm³/mol. The highest BCUT2D eigenvalue weighted by molar-refractivity contribution is 5.74. The molecule has 0 bridgehead atoms. The SMILES string of the molecule is NC(=O)CC(O)C(O)c1cc(F)c([N+](=O)[O-])cc1F. The zero-order valence-electron chi connectivity index (χ0n) is 9.42. The number of benzene rings is 1. The van der Waals surface area contributed by atoms with Gasteiger partial charge < -0.3 is 15.9 Å². The Morgan fingerprint density at radius 3 is 2.42 bits per heavy atom. The first-order valence-electron chi connectivity index (χ1n) is 5.01. The minimum absolute atomic E-state index is 0.283. The lowest BCUT2D eigenvalue weighted by Gasteiger charge is -2.17. The van der Waals surface area contributed by atoms with Gasteiger partial charge in [0.05, 0.1) is 23.5 Å². The van der Waals surface area contributed by atoms with E-state index in [0.29, 0.717) is 6.07 Å². The lowest BCUT2D eigenvalue weighted by Crippen LogP contribution is -2.26. The Balaban J connectivity index is 3.11. The fraction of sp³-hybridized carbons (Fsp3) is 0.300. The smallest absolute Gasteiger partial charge is 0.307 e. The summed E-state index contributed by atoms with van der Waals surface area (Å²) in [5.74, 6) is -3.59. The quantitative estimate of drug-likeness (QED) is 0.521. The van der Waals surface area contributed by atoms with Crippen molar-refractivity contribution in [3.05, 3.63) is 39.4 Å². The third-order valence-corrected chi connectivity index (χ3v) is 2.36. The second-order valence-corrected chi connectivity index (χ2v) is 3.76. The molecule has 2 unspecified atom stereocenters. The molecule has 0 heterocycles. The van der Waals surface area contributed by atoms with Crippen molar-refractivity contribution in [1.82, 2.24) is 0 Å². The van der Waals surface area contributed by atoms with Crippen LogP contribution in [0, 0.1) is 21.7 Å². The van der Waals surface area contributed by atoms with Gasteiger partial charge in [-0.2, -0.15) is 4.39 Å². The Hall–Kier alpha value is -2.13. The van der Waals surface area contributed by atoms with Gasteiger partial charge in [0.1, 0.15) is 11.9 Å². The molecule has 9 heteroatoms. The largest absolute Gasteiger partial charge is 0.390 e. The Kier molecular flexibility index (Phi) is 4.46. The van der Waals surface area contributed by atoms with Crippen LogP contribution < -0.4 is 5.73 Å². The number of halogens is 2. The molecule has 0 saturated carbocycles. The van der Waals surface area contributed by atoms with Crippen LogP contribution in [0.1, 0.15) is 18.1 Å². The van der Waals surface area contributed by atoms with Crippen LogP contribution in [0.5, 0.6) is 0 Å². The zero-order valence-corrected chi connectivity index (χ0v) is 9.42. The first kappa shape index (κ1) is 14.9. The molecule has 104 valence electrons. The van der Waals surface area contributed by atoms with E-state index < -0.39 is 52.3 Å². The molecular weight excluding hydrogens is 266 g/mol. The van der Waals surface area contributed by atoms with Gasteiger partial charge in [0.2, 0.25) is 11.7 Å². The number of carbonyl (C=O) groups excluding carboxylic acids is 1. The number of nitro benzene ring substituents is 1. The van der Waals surface area contributed by atoms with Crippen molar-refractivity contribution in [2.24, 2.45) is 5.73 Å². The number of aliphatic hydroxyl groups is 2. The first-order valence-corrected chi connectivity index (χ1v) is 5.01. The molecule has 0 aliphatic carbocycles. The topological polar surface area (TPSA) is 127 Å². The molecule has 19 heavy (non-hydrogen) atoms. The molecule has 7 nitrogen and oxygen atoms in total. The summed E-state index contributed by atoms with van der Waals surface area (Å²) in [5.41, 5.74) is 2.98. The van der Waals surface area contributed by atoms with Gasteiger partial charge in [-0.1, -0.05) is 0 Å². The average molecular weight is 276 g/mol. The van der Waals surface area contributed by atoms with Crippen LogP contribution in [0.3, 0.4) is 0 Å². The van der Waals surface area contributed by atoms with Crippen LogP contribution in [0.4, 0.5) is 14.5 Å². The lowest BCUT2D eigenvalue weighted by atomic mass is 10.0. The van der Waals surface area contributed by atoms with Crippen LogP contribution in [0.2, 0.25) is 0 Å². The number of rotatable bonds is 5. The fourth-order valence-corrected chi connectivity index (χ4v) is 1.44. The molecule has 0 aliphatic heterocycles. The van der Waals surface area contributed by atoms with Crippen molar-refractivity contribution in [2.75, 3.05) is 0 Å². The van der Waals surface area contributed by atoms with Gasteiger partial charge in [-0.3, -0.25) is 14.9 Å². The number of hydrogen-bond acceptors (Lipinski definition) is 5. The second-order valence-electron chi connectivity index (χ2n) is 3.76. The number of nitrogens with two attached hydrogens (primary N) is 1. The summed E-state index contributed by atoms with van der Waals surface area (Å²) in [6.45, 7) is 0. The minimum atomic E-state index is -1.93. The Morgan fingerprint density at radius 1 is 1.37 bits per heavy atom. The number of carbonyl (C=O) groups is 1. The van der Waals surface area contributed by atoms with E-state index in [9.17, 15) is 33.9 Å². The van der Waals surface area contributed by atoms with Crippen LogP contribution in [0.25, 0.3) is 0 Å². The van der Waals surface area contributed by atoms with E-state index in [4.69, 9.17) is 5.73 Å². The maximum absolute atomic E-state index is 13.5. The normalized spacial score (nSPS) is 13.9. The highest BCUT2D eigenvalue weighted by Crippen LogP contribution is 2.27. The van der Waals surface area contributed by atoms with E-state index >= 15 is 0 Å². The molecule has 1 amide bonds. The van der Waals surface area contributed by atoms with Crippen molar-refractivity contribution in [3.63, 3.8) is 0 Å². The maximum atomic E-state index is 13.5. The Labute approximate surface area is 105 Å². The fourth-order valence-electron chi connectivity index (χ4n) is 1.44. The molecule has 2 atom stereocenters. The maximum Gasteiger partial charge on any atom is 0.307 e. The molecule has 0 fully saturated rings. The van der Waals surface area contributed by atoms with E-state index in [1.165, 1.54) is 0 Å². The Bertz CT molecular complexity index is 523. The van der Waals surface area contributed by atoms with E-state index in [-0.39, 0.29) is 6.07 Å². The van der Waals surface area contributed by atoms with Crippen LogP contribution in [-0.2, 0) is 4.79 Å². The van der Waals surface area contributed by atoms with Gasteiger partial charge in [-0.25, -0.2) is 4.39 Å². The molecular formula is C10H10F2N2O5. The number of amides is 1. The summed E-state index contributed by atoms with van der Waals surface area (Å²) in [7, 11) is 0. The molecule has 1 rings (SSSR count). The molecule has 1 aromatic rings. The van der Waals surface area contributed by atoms with Crippen LogP contribution >= 0.6 is 0 Å². The van der Waals surface area contributed by atoms with Gasteiger partial charge in [0, 0.05) is 5.56 Å². The lowest BCUT2D eigenvalue weighted by molar-refractivity contribution is -0.387. The molecule has 1 aromatic carbocycles. The van der Waals surface area contributed by atoms with E-state index in [0.717, 1.165) is 0 Å². The van der Waals surface area contributed by atoms with E-state index in [1.54, 1.807) is 0 Å². The van der Waals surface area contributed by atoms with Gasteiger partial charge in [-0.05, 0) is 6.07 Å². The van der Waals surface area contributed by atoms with E-state index in [2.05, 4.69) is 0 Å². The second kappa shape index (κ2) is 5.67. The first-order chi connectivity index (χ1) is 8.73. The van der Waals surface area contributed by atoms with Gasteiger partial charge in [0.15, 0.2) is 0 Å². The minimum Gasteiger partial charge on any atom is -0.390 e. The zero-order chi connectivity index (χ0) is 14.7. The highest BCUT2D eigenvalue weighted by Gasteiger charge is 2.27. The van der Waals surface area contributed by atoms with Crippen molar-refractivity contribution >= 4 is 11.6 Å². The summed E-state index contributed by atoms with van der Waals surface area (Å²) in [6.07, 6.45) is -4.34. The number of hydrogen-bond donors (Lipinski definition) is 3. The van der Waals surface area contributed by atoms with Gasteiger partial charge in [0.25, 0.3) is 0 Å². The number of nitro groups is 1. The molecule has 0 saturated heterocycles. The molecule has 0 aromatic heterocycles.